The minimum atomic E-state index is 0.596. The molecule has 0 atom stereocenters. The van der Waals surface area contributed by atoms with Crippen LogP contribution in [0.2, 0.25) is 0 Å². The average Bonchev–Trinajstić information content (AvgIpc) is 2.19. The molecule has 13 heavy (non-hydrogen) atoms. The normalized spacial score (nSPS) is 9.77. The maximum atomic E-state index is 8.76. The van der Waals surface area contributed by atoms with Gasteiger partial charge in [-0.2, -0.15) is 0 Å². The fourth-order valence-electron chi connectivity index (χ4n) is 1.04. The van der Waals surface area contributed by atoms with Crippen molar-refractivity contribution in [1.82, 2.24) is 0 Å². The zero-order valence-corrected chi connectivity index (χ0v) is 7.78. The van der Waals surface area contributed by atoms with Gasteiger partial charge >= 0.3 is 0 Å². The van der Waals surface area contributed by atoms with E-state index in [2.05, 4.69) is 0 Å². The van der Waals surface area contributed by atoms with Crippen LogP contribution in [-0.2, 0) is 0 Å². The zero-order valence-electron chi connectivity index (χ0n) is 7.78. The van der Waals surface area contributed by atoms with Gasteiger partial charge in [-0.1, -0.05) is 6.07 Å². The molecular formula is C10H13O3. The minimum Gasteiger partial charge on any atom is -0.493 e. The van der Waals surface area contributed by atoms with E-state index in [0.29, 0.717) is 23.7 Å². The third kappa shape index (κ3) is 2.36. The van der Waals surface area contributed by atoms with Gasteiger partial charge in [0.2, 0.25) is 0 Å². The van der Waals surface area contributed by atoms with Crippen LogP contribution in [0.25, 0.3) is 0 Å². The smallest absolute Gasteiger partial charge is 0.161 e. The Hall–Kier alpha value is -1.22. The van der Waals surface area contributed by atoms with E-state index in [1.54, 1.807) is 25.3 Å². The maximum Gasteiger partial charge on any atom is 0.161 e. The molecule has 0 saturated heterocycles. The summed E-state index contributed by atoms with van der Waals surface area (Å²) in [6.07, 6.45) is 0. The van der Waals surface area contributed by atoms with E-state index in [1.165, 1.54) is 0 Å². The van der Waals surface area contributed by atoms with Crippen LogP contribution in [0.5, 0.6) is 11.5 Å². The van der Waals surface area contributed by atoms with Gasteiger partial charge in [0.1, 0.15) is 6.61 Å². The molecule has 71 valence electrons. The van der Waals surface area contributed by atoms with Crippen LogP contribution < -0.4 is 9.47 Å². The van der Waals surface area contributed by atoms with Crippen LogP contribution in [0.4, 0.5) is 0 Å². The Labute approximate surface area is 77.9 Å². The van der Waals surface area contributed by atoms with E-state index in [0.717, 1.165) is 6.61 Å². The standard InChI is InChI=1S/C10H13O3/c1-3-13-9-5-4-8(7-11)6-10(9)12-2/h4-7,11H,3H2,1-2H3. The van der Waals surface area contributed by atoms with Crippen LogP contribution in [-0.4, -0.2) is 18.8 Å². The predicted molar refractivity (Wildman–Crippen MR) is 49.5 cm³/mol. The van der Waals surface area contributed by atoms with Gasteiger partial charge in [0.05, 0.1) is 13.7 Å². The number of ether oxygens (including phenoxy) is 2. The molecular weight excluding hydrogens is 168 g/mol. The highest BCUT2D eigenvalue weighted by Crippen LogP contribution is 2.28. The molecule has 3 nitrogen and oxygen atoms in total. The van der Waals surface area contributed by atoms with Crippen LogP contribution in [0.15, 0.2) is 18.2 Å². The summed E-state index contributed by atoms with van der Waals surface area (Å²) in [7, 11) is 1.57. The van der Waals surface area contributed by atoms with Crippen LogP contribution >= 0.6 is 0 Å². The molecule has 0 unspecified atom stereocenters. The molecule has 0 aliphatic rings. The Morgan fingerprint density at radius 2 is 2.15 bits per heavy atom. The second-order valence-corrected chi connectivity index (χ2v) is 2.47. The van der Waals surface area contributed by atoms with Crippen molar-refractivity contribution in [2.24, 2.45) is 0 Å². The van der Waals surface area contributed by atoms with Gasteiger partial charge in [-0.05, 0) is 24.6 Å². The van der Waals surface area contributed by atoms with E-state index in [1.807, 2.05) is 6.92 Å². The summed E-state index contributed by atoms with van der Waals surface area (Å²) in [5.74, 6) is 1.32. The molecule has 0 amide bonds. The first-order valence-corrected chi connectivity index (χ1v) is 4.10. The Kier molecular flexibility index (Phi) is 3.58. The van der Waals surface area contributed by atoms with Gasteiger partial charge in [-0.25, -0.2) is 0 Å². The van der Waals surface area contributed by atoms with Gasteiger partial charge in [0.15, 0.2) is 11.5 Å². The highest BCUT2D eigenvalue weighted by atomic mass is 16.5. The number of rotatable bonds is 4. The number of benzene rings is 1. The lowest BCUT2D eigenvalue weighted by atomic mass is 10.2. The lowest BCUT2D eigenvalue weighted by molar-refractivity contribution is 0.310. The summed E-state index contributed by atoms with van der Waals surface area (Å²) in [6, 6.07) is 5.24. The van der Waals surface area contributed by atoms with Crippen LogP contribution in [0.1, 0.15) is 12.5 Å². The predicted octanol–water partition coefficient (Wildman–Crippen LogP) is 1.98. The van der Waals surface area contributed by atoms with Crippen molar-refractivity contribution in [2.75, 3.05) is 13.7 Å². The van der Waals surface area contributed by atoms with Crippen molar-refractivity contribution in [3.8, 4) is 11.5 Å². The molecule has 0 bridgehead atoms. The van der Waals surface area contributed by atoms with Gasteiger partial charge in [-0.3, -0.25) is 0 Å². The van der Waals surface area contributed by atoms with E-state index in [4.69, 9.17) is 14.6 Å². The Balaban J connectivity index is 2.93. The molecule has 1 aromatic carbocycles. The zero-order chi connectivity index (χ0) is 9.68. The summed E-state index contributed by atoms with van der Waals surface area (Å²) in [4.78, 5) is 0. The van der Waals surface area contributed by atoms with Crippen LogP contribution in [0.3, 0.4) is 0 Å². The van der Waals surface area contributed by atoms with Crippen molar-refractivity contribution in [3.63, 3.8) is 0 Å². The summed E-state index contributed by atoms with van der Waals surface area (Å²) in [5.41, 5.74) is 0.695. The maximum absolute atomic E-state index is 8.76. The van der Waals surface area contributed by atoms with Crippen molar-refractivity contribution >= 4 is 0 Å². The van der Waals surface area contributed by atoms with Crippen molar-refractivity contribution in [2.45, 2.75) is 6.92 Å². The molecule has 1 radical (unpaired) electrons. The van der Waals surface area contributed by atoms with E-state index in [-0.39, 0.29) is 0 Å². The highest BCUT2D eigenvalue weighted by molar-refractivity contribution is 5.44. The van der Waals surface area contributed by atoms with E-state index >= 15 is 0 Å². The molecule has 0 aromatic heterocycles. The molecule has 0 fully saturated rings. The van der Waals surface area contributed by atoms with Crippen molar-refractivity contribution in [3.05, 3.63) is 30.4 Å². The summed E-state index contributed by atoms with van der Waals surface area (Å²) >= 11 is 0. The molecule has 0 saturated carbocycles. The monoisotopic (exact) mass is 181 g/mol. The molecule has 0 heterocycles. The van der Waals surface area contributed by atoms with Crippen molar-refractivity contribution < 1.29 is 14.6 Å². The lowest BCUT2D eigenvalue weighted by Crippen LogP contribution is -1.95. The summed E-state index contributed by atoms with van der Waals surface area (Å²) < 4.78 is 10.4. The first kappa shape index (κ1) is 9.86. The average molecular weight is 181 g/mol. The van der Waals surface area contributed by atoms with Gasteiger partial charge in [-0.15, -0.1) is 0 Å². The second-order valence-electron chi connectivity index (χ2n) is 2.47. The lowest BCUT2D eigenvalue weighted by Gasteiger charge is -2.09. The topological polar surface area (TPSA) is 38.7 Å². The van der Waals surface area contributed by atoms with Crippen LogP contribution in [0, 0.1) is 6.61 Å². The molecule has 0 aliphatic carbocycles. The first-order chi connectivity index (χ1) is 6.31. The number of hydrogen-bond donors (Lipinski definition) is 1. The summed E-state index contributed by atoms with van der Waals surface area (Å²) in [6.45, 7) is 3.53. The van der Waals surface area contributed by atoms with Gasteiger partial charge < -0.3 is 14.6 Å². The third-order valence-corrected chi connectivity index (χ3v) is 1.64. The minimum absolute atomic E-state index is 0.596. The van der Waals surface area contributed by atoms with Crippen molar-refractivity contribution in [1.29, 1.82) is 0 Å². The molecule has 0 spiro atoms. The number of aliphatic hydroxyl groups excluding tert-OH is 1. The van der Waals surface area contributed by atoms with E-state index < -0.39 is 0 Å². The first-order valence-electron chi connectivity index (χ1n) is 4.10. The van der Waals surface area contributed by atoms with Gasteiger partial charge in [0.25, 0.3) is 0 Å². The Morgan fingerprint density at radius 3 is 2.69 bits per heavy atom. The molecule has 1 rings (SSSR count). The molecule has 1 N–H and O–H groups in total. The summed E-state index contributed by atoms with van der Waals surface area (Å²) in [5, 5.41) is 8.76. The molecule has 1 aromatic rings. The SMILES string of the molecule is CCOc1ccc([CH]O)cc1OC. The van der Waals surface area contributed by atoms with E-state index in [9.17, 15) is 0 Å². The highest BCUT2D eigenvalue weighted by Gasteiger charge is 2.04. The number of aliphatic hydroxyl groups is 1. The quantitative estimate of drug-likeness (QED) is 0.771. The fraction of sp³-hybridized carbons (Fsp3) is 0.300. The Bertz CT molecular complexity index is 271. The Morgan fingerprint density at radius 1 is 1.38 bits per heavy atom. The largest absolute Gasteiger partial charge is 0.493 e. The second kappa shape index (κ2) is 4.72. The third-order valence-electron chi connectivity index (χ3n) is 1.64. The molecule has 0 aliphatic heterocycles. The number of hydrogen-bond acceptors (Lipinski definition) is 3. The fourth-order valence-corrected chi connectivity index (χ4v) is 1.04. The van der Waals surface area contributed by atoms with Gasteiger partial charge in [0, 0.05) is 0 Å². The number of methoxy groups -OCH3 is 1. The molecule has 3 heteroatoms.